The second kappa shape index (κ2) is 6.33. The quantitative estimate of drug-likeness (QED) is 0.615. The molecule has 1 rings (SSSR count). The minimum absolute atomic E-state index is 0.0465. The van der Waals surface area contributed by atoms with Crippen molar-refractivity contribution < 1.29 is 14.6 Å². The number of hydrogen-bond acceptors (Lipinski definition) is 4. The van der Waals surface area contributed by atoms with E-state index in [0.717, 1.165) is 6.42 Å². The number of carbonyl (C=O) groups is 1. The fourth-order valence-corrected chi connectivity index (χ4v) is 1.98. The van der Waals surface area contributed by atoms with Gasteiger partial charge in [-0.15, -0.1) is 0 Å². The lowest BCUT2D eigenvalue weighted by Gasteiger charge is -2.26. The Kier molecular flexibility index (Phi) is 5.36. The van der Waals surface area contributed by atoms with E-state index in [-0.39, 0.29) is 24.5 Å². The van der Waals surface area contributed by atoms with Crippen LogP contribution in [0.25, 0.3) is 0 Å². The zero-order valence-corrected chi connectivity index (χ0v) is 10.7. The van der Waals surface area contributed by atoms with E-state index in [1.807, 2.05) is 13.8 Å². The third-order valence-corrected chi connectivity index (χ3v) is 3.64. The summed E-state index contributed by atoms with van der Waals surface area (Å²) in [5.74, 6) is 0.178. The number of ether oxygens (including phenoxy) is 1. The van der Waals surface area contributed by atoms with Crippen LogP contribution >= 0.6 is 0 Å². The molecular formula is C12H24N2O3. The lowest BCUT2D eigenvalue weighted by atomic mass is 9.96. The maximum absolute atomic E-state index is 11.7. The van der Waals surface area contributed by atoms with Gasteiger partial charge in [-0.2, -0.15) is 0 Å². The zero-order chi connectivity index (χ0) is 12.9. The second-order valence-electron chi connectivity index (χ2n) is 4.86. The molecule has 0 bridgehead atoms. The molecule has 0 aromatic heterocycles. The van der Waals surface area contributed by atoms with Gasteiger partial charge in [-0.1, -0.05) is 13.3 Å². The van der Waals surface area contributed by atoms with E-state index < -0.39 is 5.60 Å². The highest BCUT2D eigenvalue weighted by atomic mass is 16.5. The molecule has 3 unspecified atom stereocenters. The first-order valence-electron chi connectivity index (χ1n) is 6.32. The molecule has 0 aromatic rings. The van der Waals surface area contributed by atoms with E-state index in [9.17, 15) is 9.90 Å². The lowest BCUT2D eigenvalue weighted by molar-refractivity contribution is -0.123. The monoisotopic (exact) mass is 244 g/mol. The molecule has 0 spiro atoms. The van der Waals surface area contributed by atoms with Crippen molar-refractivity contribution in [2.45, 2.75) is 44.8 Å². The Morgan fingerprint density at radius 3 is 2.88 bits per heavy atom. The summed E-state index contributed by atoms with van der Waals surface area (Å²) in [5.41, 5.74) is 4.63. The van der Waals surface area contributed by atoms with E-state index in [4.69, 9.17) is 10.5 Å². The van der Waals surface area contributed by atoms with Gasteiger partial charge in [0.1, 0.15) is 5.60 Å². The molecule has 100 valence electrons. The molecule has 5 nitrogen and oxygen atoms in total. The van der Waals surface area contributed by atoms with Crippen molar-refractivity contribution in [1.29, 1.82) is 0 Å². The molecular weight excluding hydrogens is 220 g/mol. The first kappa shape index (κ1) is 14.4. The Bertz CT molecular complexity index is 256. The Balaban J connectivity index is 2.32. The van der Waals surface area contributed by atoms with Gasteiger partial charge in [0, 0.05) is 26.0 Å². The minimum Gasteiger partial charge on any atom is -0.385 e. The van der Waals surface area contributed by atoms with E-state index in [0.29, 0.717) is 26.0 Å². The molecule has 1 heterocycles. The van der Waals surface area contributed by atoms with Crippen LogP contribution in [0.4, 0.5) is 0 Å². The van der Waals surface area contributed by atoms with Crippen molar-refractivity contribution in [1.82, 2.24) is 5.32 Å². The van der Waals surface area contributed by atoms with Crippen LogP contribution in [-0.4, -0.2) is 42.4 Å². The van der Waals surface area contributed by atoms with Crippen LogP contribution in [0.5, 0.6) is 0 Å². The SMILES string of the molecule is CCC(CN)CC(=O)NCC1(O)CCOC1C. The van der Waals surface area contributed by atoms with Crippen LogP contribution in [0, 0.1) is 5.92 Å². The molecule has 5 heteroatoms. The minimum atomic E-state index is -0.917. The van der Waals surface area contributed by atoms with Gasteiger partial charge in [0.25, 0.3) is 0 Å². The third kappa shape index (κ3) is 3.94. The number of carbonyl (C=O) groups excluding carboxylic acids is 1. The molecule has 1 amide bonds. The topological polar surface area (TPSA) is 84.6 Å². The maximum Gasteiger partial charge on any atom is 0.220 e. The van der Waals surface area contributed by atoms with Gasteiger partial charge in [0.05, 0.1) is 6.10 Å². The van der Waals surface area contributed by atoms with Gasteiger partial charge in [-0.05, 0) is 19.4 Å². The van der Waals surface area contributed by atoms with Crippen molar-refractivity contribution in [3.05, 3.63) is 0 Å². The van der Waals surface area contributed by atoms with Crippen LogP contribution in [0.1, 0.15) is 33.1 Å². The molecule has 0 radical (unpaired) electrons. The first-order chi connectivity index (χ1) is 8.01. The molecule has 0 aromatic carbocycles. The van der Waals surface area contributed by atoms with Crippen molar-refractivity contribution in [3.8, 4) is 0 Å². The molecule has 4 N–H and O–H groups in total. The normalized spacial score (nSPS) is 30.2. The first-order valence-corrected chi connectivity index (χ1v) is 6.32. The van der Waals surface area contributed by atoms with Crippen molar-refractivity contribution in [2.75, 3.05) is 19.7 Å². The van der Waals surface area contributed by atoms with E-state index in [2.05, 4.69) is 5.32 Å². The number of nitrogens with one attached hydrogen (secondary N) is 1. The second-order valence-corrected chi connectivity index (χ2v) is 4.86. The molecule has 1 aliphatic heterocycles. The number of amides is 1. The number of rotatable bonds is 6. The number of nitrogens with two attached hydrogens (primary N) is 1. The van der Waals surface area contributed by atoms with Crippen LogP contribution < -0.4 is 11.1 Å². The fourth-order valence-electron chi connectivity index (χ4n) is 1.98. The average Bonchev–Trinajstić information content (AvgIpc) is 2.64. The van der Waals surface area contributed by atoms with Crippen LogP contribution in [0.15, 0.2) is 0 Å². The van der Waals surface area contributed by atoms with Crippen molar-refractivity contribution >= 4 is 5.91 Å². The van der Waals surface area contributed by atoms with Crippen LogP contribution in [0.3, 0.4) is 0 Å². The number of hydrogen-bond donors (Lipinski definition) is 3. The Morgan fingerprint density at radius 2 is 2.41 bits per heavy atom. The number of aliphatic hydroxyl groups is 1. The fraction of sp³-hybridized carbons (Fsp3) is 0.917. The van der Waals surface area contributed by atoms with Gasteiger partial charge in [0.2, 0.25) is 5.91 Å². The molecule has 3 atom stereocenters. The zero-order valence-electron chi connectivity index (χ0n) is 10.7. The van der Waals surface area contributed by atoms with Gasteiger partial charge in [0.15, 0.2) is 0 Å². The molecule has 1 saturated heterocycles. The largest absolute Gasteiger partial charge is 0.385 e. The van der Waals surface area contributed by atoms with Gasteiger partial charge in [-0.3, -0.25) is 4.79 Å². The highest BCUT2D eigenvalue weighted by Crippen LogP contribution is 2.24. The maximum atomic E-state index is 11.7. The Labute approximate surface area is 103 Å². The van der Waals surface area contributed by atoms with E-state index in [1.165, 1.54) is 0 Å². The standard InChI is InChI=1S/C12H24N2O3/c1-3-10(7-13)6-11(15)14-8-12(16)4-5-17-9(12)2/h9-10,16H,3-8,13H2,1-2H3,(H,14,15). The molecule has 1 aliphatic rings. The summed E-state index contributed by atoms with van der Waals surface area (Å²) >= 11 is 0. The lowest BCUT2D eigenvalue weighted by Crippen LogP contribution is -2.47. The summed E-state index contributed by atoms with van der Waals surface area (Å²) in [7, 11) is 0. The summed E-state index contributed by atoms with van der Waals surface area (Å²) in [6, 6.07) is 0. The molecule has 0 aliphatic carbocycles. The van der Waals surface area contributed by atoms with Crippen LogP contribution in [-0.2, 0) is 9.53 Å². The van der Waals surface area contributed by atoms with Crippen molar-refractivity contribution in [3.63, 3.8) is 0 Å². The summed E-state index contributed by atoms with van der Waals surface area (Å²) < 4.78 is 5.30. The summed E-state index contributed by atoms with van der Waals surface area (Å²) in [4.78, 5) is 11.7. The van der Waals surface area contributed by atoms with Gasteiger partial charge >= 0.3 is 0 Å². The summed E-state index contributed by atoms with van der Waals surface area (Å²) in [6.07, 6.45) is 1.67. The molecule has 17 heavy (non-hydrogen) atoms. The summed E-state index contributed by atoms with van der Waals surface area (Å²) in [6.45, 7) is 5.18. The van der Waals surface area contributed by atoms with Crippen molar-refractivity contribution in [2.24, 2.45) is 11.7 Å². The molecule has 1 fully saturated rings. The predicted molar refractivity (Wildman–Crippen MR) is 65.4 cm³/mol. The van der Waals surface area contributed by atoms with Gasteiger partial charge in [-0.25, -0.2) is 0 Å². The summed E-state index contributed by atoms with van der Waals surface area (Å²) in [5, 5.41) is 13.0. The highest BCUT2D eigenvalue weighted by molar-refractivity contribution is 5.76. The van der Waals surface area contributed by atoms with E-state index >= 15 is 0 Å². The van der Waals surface area contributed by atoms with Crippen LogP contribution in [0.2, 0.25) is 0 Å². The third-order valence-electron chi connectivity index (χ3n) is 3.64. The van der Waals surface area contributed by atoms with E-state index in [1.54, 1.807) is 0 Å². The highest BCUT2D eigenvalue weighted by Gasteiger charge is 2.39. The Hall–Kier alpha value is -0.650. The smallest absolute Gasteiger partial charge is 0.220 e. The molecule has 0 saturated carbocycles. The Morgan fingerprint density at radius 1 is 1.71 bits per heavy atom. The average molecular weight is 244 g/mol. The predicted octanol–water partition coefficient (Wildman–Crippen LogP) is 0.0175. The van der Waals surface area contributed by atoms with Gasteiger partial charge < -0.3 is 20.9 Å².